The number of nitrogens with one attached hydrogen (secondary N) is 2. The molecule has 150 valence electrons. The number of carbonyl (C=O) groups is 1. The van der Waals surface area contributed by atoms with E-state index in [2.05, 4.69) is 29.6 Å². The highest BCUT2D eigenvalue weighted by molar-refractivity contribution is 6.05. The molecule has 1 saturated heterocycles. The number of aliphatic hydroxyl groups excluding tert-OH is 1. The maximum absolute atomic E-state index is 12.8. The number of amides is 1. The Kier molecular flexibility index (Phi) is 7.08. The van der Waals surface area contributed by atoms with Crippen molar-refractivity contribution in [2.45, 2.75) is 44.8 Å². The van der Waals surface area contributed by atoms with Gasteiger partial charge in [-0.1, -0.05) is 0 Å². The van der Waals surface area contributed by atoms with Gasteiger partial charge in [-0.3, -0.25) is 4.79 Å². The molecule has 3 heterocycles. The van der Waals surface area contributed by atoms with Gasteiger partial charge in [0.1, 0.15) is 0 Å². The van der Waals surface area contributed by atoms with Gasteiger partial charge in [0, 0.05) is 43.2 Å². The highest BCUT2D eigenvalue weighted by Crippen LogP contribution is 2.40. The lowest BCUT2D eigenvalue weighted by atomic mass is 10.1. The molecule has 3 N–H and O–H groups in total. The molecule has 0 aromatic carbocycles. The summed E-state index contributed by atoms with van der Waals surface area (Å²) in [5.74, 6) is 0.409. The van der Waals surface area contributed by atoms with Crippen molar-refractivity contribution < 1.29 is 9.90 Å². The number of carbonyl (C=O) groups excluding carboxylic acids is 1. The van der Waals surface area contributed by atoms with Crippen LogP contribution in [-0.4, -0.2) is 51.5 Å². The topological polar surface area (TPSA) is 92.1 Å². The summed E-state index contributed by atoms with van der Waals surface area (Å²) in [4.78, 5) is 17.6. The van der Waals surface area contributed by atoms with Crippen LogP contribution in [0.25, 0.3) is 11.0 Å². The predicted octanol–water partition coefficient (Wildman–Crippen LogP) is 2.04. The lowest BCUT2D eigenvalue weighted by molar-refractivity contribution is 0.0928. The van der Waals surface area contributed by atoms with Gasteiger partial charge < -0.3 is 15.7 Å². The molecule has 1 aliphatic carbocycles. The van der Waals surface area contributed by atoms with E-state index in [-0.39, 0.29) is 42.7 Å². The summed E-state index contributed by atoms with van der Waals surface area (Å²) in [6, 6.07) is 2.11. The number of pyridine rings is 1. The van der Waals surface area contributed by atoms with Crippen LogP contribution in [0.15, 0.2) is 12.3 Å². The Morgan fingerprint density at radius 3 is 2.70 bits per heavy atom. The average Bonchev–Trinajstić information content (AvgIpc) is 3.22. The van der Waals surface area contributed by atoms with Crippen molar-refractivity contribution in [2.75, 3.05) is 19.6 Å². The van der Waals surface area contributed by atoms with Gasteiger partial charge in [0.2, 0.25) is 0 Å². The Morgan fingerprint density at radius 2 is 2.11 bits per heavy atom. The molecule has 2 atom stereocenters. The number of halogens is 2. The summed E-state index contributed by atoms with van der Waals surface area (Å²) in [6.45, 7) is 5.91. The molecule has 7 nitrogen and oxygen atoms in total. The van der Waals surface area contributed by atoms with E-state index in [1.54, 1.807) is 6.20 Å². The molecule has 27 heavy (non-hydrogen) atoms. The number of aliphatic hydroxyl groups is 1. The van der Waals surface area contributed by atoms with E-state index in [0.29, 0.717) is 24.6 Å². The summed E-state index contributed by atoms with van der Waals surface area (Å²) in [7, 11) is 0. The fourth-order valence-corrected chi connectivity index (χ4v) is 3.44. The van der Waals surface area contributed by atoms with Crippen molar-refractivity contribution in [3.63, 3.8) is 0 Å². The molecule has 1 aliphatic heterocycles. The lowest BCUT2D eigenvalue weighted by Crippen LogP contribution is -2.34. The normalized spacial score (nSPS) is 21.8. The van der Waals surface area contributed by atoms with Crippen LogP contribution in [-0.2, 0) is 0 Å². The number of fused-ring (bicyclic) bond motifs is 1. The van der Waals surface area contributed by atoms with Crippen molar-refractivity contribution in [2.24, 2.45) is 5.92 Å². The first-order valence-electron chi connectivity index (χ1n) is 9.09. The van der Waals surface area contributed by atoms with E-state index in [4.69, 9.17) is 4.98 Å². The first-order chi connectivity index (χ1) is 12.0. The number of aromatic nitrogens is 3. The molecule has 2 aromatic heterocycles. The maximum atomic E-state index is 12.8. The molecule has 0 radical (unpaired) electrons. The van der Waals surface area contributed by atoms with Crippen LogP contribution in [0.4, 0.5) is 0 Å². The third-order valence-electron chi connectivity index (χ3n) is 5.14. The van der Waals surface area contributed by atoms with Crippen LogP contribution in [0.5, 0.6) is 0 Å². The molecular formula is C18H27Cl2N5O2. The first kappa shape index (κ1) is 21.9. The molecule has 1 saturated carbocycles. The zero-order chi connectivity index (χ0) is 17.6. The minimum absolute atomic E-state index is 0. The Morgan fingerprint density at radius 1 is 1.37 bits per heavy atom. The van der Waals surface area contributed by atoms with E-state index >= 15 is 0 Å². The van der Waals surface area contributed by atoms with Gasteiger partial charge in [0.05, 0.1) is 23.3 Å². The lowest BCUT2D eigenvalue weighted by Gasteiger charge is -2.15. The Balaban J connectivity index is 0.00000131. The second kappa shape index (κ2) is 8.73. The van der Waals surface area contributed by atoms with Crippen LogP contribution in [0.1, 0.15) is 54.7 Å². The van der Waals surface area contributed by atoms with Gasteiger partial charge in [-0.2, -0.15) is 5.10 Å². The number of β-amino-alcohol motifs (C(OH)–C–C–N with tert-alkyl or cyclic N) is 1. The third kappa shape index (κ3) is 4.37. The molecule has 2 aromatic rings. The van der Waals surface area contributed by atoms with E-state index in [9.17, 15) is 9.90 Å². The SMILES string of the molecule is CC(C)n1ncc2c(C(=O)NCC3CNCC3O)cc(C3CC3)nc21.Cl.Cl. The number of hydrogen-bond acceptors (Lipinski definition) is 5. The standard InChI is InChI=1S/C18H25N5O2.2ClH/c1-10(2)23-17-14(8-21-23)13(5-15(22-17)11-3-4-11)18(25)20-7-12-6-19-9-16(12)24;;/h5,8,10-12,16,19,24H,3-4,6-7,9H2,1-2H3,(H,20,25);2*1H. The second-order valence-electron chi connectivity index (χ2n) is 7.48. The summed E-state index contributed by atoms with van der Waals surface area (Å²) in [5.41, 5.74) is 2.41. The molecule has 0 bridgehead atoms. The van der Waals surface area contributed by atoms with Gasteiger partial charge in [-0.05, 0) is 32.8 Å². The Labute approximate surface area is 171 Å². The van der Waals surface area contributed by atoms with Gasteiger partial charge >= 0.3 is 0 Å². The molecule has 2 unspecified atom stereocenters. The van der Waals surface area contributed by atoms with Crippen molar-refractivity contribution in [1.29, 1.82) is 0 Å². The quantitative estimate of drug-likeness (QED) is 0.694. The molecule has 2 fully saturated rings. The number of hydrogen-bond donors (Lipinski definition) is 3. The third-order valence-corrected chi connectivity index (χ3v) is 5.14. The first-order valence-corrected chi connectivity index (χ1v) is 9.09. The Hall–Kier alpha value is -1.41. The van der Waals surface area contributed by atoms with Crippen molar-refractivity contribution in [3.8, 4) is 0 Å². The molecule has 9 heteroatoms. The van der Waals surface area contributed by atoms with Crippen LogP contribution < -0.4 is 10.6 Å². The van der Waals surface area contributed by atoms with E-state index < -0.39 is 6.10 Å². The zero-order valence-corrected chi connectivity index (χ0v) is 17.1. The summed E-state index contributed by atoms with van der Waals surface area (Å²) < 4.78 is 1.88. The molecule has 0 spiro atoms. The zero-order valence-electron chi connectivity index (χ0n) is 15.5. The highest BCUT2D eigenvalue weighted by Gasteiger charge is 2.29. The van der Waals surface area contributed by atoms with Gasteiger partial charge in [0.25, 0.3) is 5.91 Å². The molecule has 4 rings (SSSR count). The smallest absolute Gasteiger partial charge is 0.252 e. The summed E-state index contributed by atoms with van der Waals surface area (Å²) in [5, 5.41) is 21.2. The van der Waals surface area contributed by atoms with Crippen LogP contribution in [0, 0.1) is 5.92 Å². The largest absolute Gasteiger partial charge is 0.391 e. The predicted molar refractivity (Wildman–Crippen MR) is 109 cm³/mol. The Bertz CT molecular complexity index is 806. The van der Waals surface area contributed by atoms with Crippen molar-refractivity contribution >= 4 is 41.8 Å². The van der Waals surface area contributed by atoms with Crippen molar-refractivity contribution in [1.82, 2.24) is 25.4 Å². The summed E-state index contributed by atoms with van der Waals surface area (Å²) in [6.07, 6.45) is 3.60. The fourth-order valence-electron chi connectivity index (χ4n) is 3.44. The van der Waals surface area contributed by atoms with Crippen LogP contribution in [0.2, 0.25) is 0 Å². The van der Waals surface area contributed by atoms with Gasteiger partial charge in [-0.25, -0.2) is 9.67 Å². The molecule has 2 aliphatic rings. The number of nitrogens with zero attached hydrogens (tertiary/aromatic N) is 3. The number of rotatable bonds is 5. The monoisotopic (exact) mass is 415 g/mol. The second-order valence-corrected chi connectivity index (χ2v) is 7.48. The summed E-state index contributed by atoms with van der Waals surface area (Å²) >= 11 is 0. The van der Waals surface area contributed by atoms with Gasteiger partial charge in [-0.15, -0.1) is 24.8 Å². The van der Waals surface area contributed by atoms with E-state index in [0.717, 1.165) is 36.1 Å². The van der Waals surface area contributed by atoms with Gasteiger partial charge in [0.15, 0.2) is 5.65 Å². The average molecular weight is 416 g/mol. The highest BCUT2D eigenvalue weighted by atomic mass is 35.5. The van der Waals surface area contributed by atoms with Crippen LogP contribution in [0.3, 0.4) is 0 Å². The molecule has 1 amide bonds. The molecular weight excluding hydrogens is 389 g/mol. The maximum Gasteiger partial charge on any atom is 0.252 e. The van der Waals surface area contributed by atoms with E-state index in [1.807, 2.05) is 10.7 Å². The minimum atomic E-state index is -0.400. The van der Waals surface area contributed by atoms with E-state index in [1.165, 1.54) is 0 Å². The van der Waals surface area contributed by atoms with Crippen LogP contribution >= 0.6 is 24.8 Å². The fraction of sp³-hybridized carbons (Fsp3) is 0.611. The minimum Gasteiger partial charge on any atom is -0.391 e. The van der Waals surface area contributed by atoms with Crippen molar-refractivity contribution in [3.05, 3.63) is 23.5 Å².